The lowest BCUT2D eigenvalue weighted by atomic mass is 9.82. The second kappa shape index (κ2) is 7.59. The lowest BCUT2D eigenvalue weighted by molar-refractivity contribution is -0.143. The van der Waals surface area contributed by atoms with Crippen LogP contribution in [-0.2, 0) is 15.1 Å². The van der Waals surface area contributed by atoms with E-state index in [0.717, 1.165) is 0 Å². The van der Waals surface area contributed by atoms with E-state index in [1.165, 1.54) is 11.7 Å². The molecule has 1 aromatic heterocycles. The van der Waals surface area contributed by atoms with Gasteiger partial charge in [0, 0.05) is 41.2 Å². The van der Waals surface area contributed by atoms with Gasteiger partial charge >= 0.3 is 0 Å². The van der Waals surface area contributed by atoms with Crippen LogP contribution in [-0.4, -0.2) is 48.5 Å². The van der Waals surface area contributed by atoms with Gasteiger partial charge in [0.15, 0.2) is 19.7 Å². The van der Waals surface area contributed by atoms with Crippen molar-refractivity contribution in [3.05, 3.63) is 52.4 Å². The van der Waals surface area contributed by atoms with Crippen molar-refractivity contribution in [2.75, 3.05) is 19.0 Å². The molecule has 166 valence electrons. The lowest BCUT2D eigenvalue weighted by Gasteiger charge is -2.32. The van der Waals surface area contributed by atoms with Crippen LogP contribution in [0.25, 0.3) is 5.69 Å². The summed E-state index contributed by atoms with van der Waals surface area (Å²) in [5.74, 6) is -0.378. The van der Waals surface area contributed by atoms with E-state index in [4.69, 9.17) is 9.47 Å². The highest BCUT2D eigenvalue weighted by molar-refractivity contribution is 6.71. The standard InChI is InChI=1S/C22H28N2O6Si/c1-13-19(31(3,4)28)17(9-11-25)30-22(13)15-12-14(7-8-16(15)23-21(22)27)24-10-5-6-18(29-2)20(24)26/h5-8,10,12-13,17,19,25,28H,9,11H2,1-4H3,(H,23,27)/t13-,17+,19-,22+/m0/s1. The zero-order valence-corrected chi connectivity index (χ0v) is 19.1. The Balaban J connectivity index is 1.86. The Morgan fingerprint density at radius 2 is 2.03 bits per heavy atom. The summed E-state index contributed by atoms with van der Waals surface area (Å²) >= 11 is 0. The second-order valence-corrected chi connectivity index (χ2v) is 12.8. The lowest BCUT2D eigenvalue weighted by Crippen LogP contribution is -2.43. The zero-order valence-electron chi connectivity index (χ0n) is 18.1. The summed E-state index contributed by atoms with van der Waals surface area (Å²) in [6, 6.07) is 8.61. The number of aliphatic hydroxyl groups is 1. The van der Waals surface area contributed by atoms with E-state index in [9.17, 15) is 19.5 Å². The fourth-order valence-corrected chi connectivity index (χ4v) is 7.87. The van der Waals surface area contributed by atoms with Crippen molar-refractivity contribution in [3.63, 3.8) is 0 Å². The van der Waals surface area contributed by atoms with E-state index in [2.05, 4.69) is 5.32 Å². The average Bonchev–Trinajstić information content (AvgIpc) is 3.16. The minimum atomic E-state index is -2.72. The van der Waals surface area contributed by atoms with Crippen LogP contribution in [0.5, 0.6) is 5.75 Å². The van der Waals surface area contributed by atoms with Crippen LogP contribution in [0.4, 0.5) is 5.69 Å². The molecule has 4 atom stereocenters. The van der Waals surface area contributed by atoms with Crippen molar-refractivity contribution in [1.82, 2.24) is 4.57 Å². The molecule has 0 unspecified atom stereocenters. The minimum absolute atomic E-state index is 0.0951. The number of ether oxygens (including phenoxy) is 2. The average molecular weight is 445 g/mol. The highest BCUT2D eigenvalue weighted by Gasteiger charge is 2.64. The van der Waals surface area contributed by atoms with Crippen molar-refractivity contribution in [1.29, 1.82) is 0 Å². The SMILES string of the molecule is COc1cccn(-c2ccc3c(c2)[C@@]2(O[C@H](CCO)[C@@H]([Si](C)(C)O)[C@@H]2C)C(=O)N3)c1=O. The molecule has 1 spiro atoms. The van der Waals surface area contributed by atoms with Gasteiger partial charge in [0.25, 0.3) is 11.5 Å². The number of fused-ring (bicyclic) bond motifs is 2. The fourth-order valence-electron chi connectivity index (χ4n) is 5.26. The maximum absolute atomic E-state index is 13.2. The number of methoxy groups -OCH3 is 1. The van der Waals surface area contributed by atoms with Gasteiger partial charge in [-0.05, 0) is 49.8 Å². The van der Waals surface area contributed by atoms with Crippen molar-refractivity contribution >= 4 is 19.9 Å². The number of carbonyl (C=O) groups excluding carboxylic acids is 1. The van der Waals surface area contributed by atoms with E-state index < -0.39 is 20.0 Å². The van der Waals surface area contributed by atoms with Crippen LogP contribution in [0.3, 0.4) is 0 Å². The number of anilines is 1. The molecule has 9 heteroatoms. The van der Waals surface area contributed by atoms with Crippen LogP contribution in [0, 0.1) is 5.92 Å². The molecule has 3 N–H and O–H groups in total. The normalized spacial score (nSPS) is 27.4. The highest BCUT2D eigenvalue weighted by atomic mass is 28.4. The van der Waals surface area contributed by atoms with Gasteiger partial charge in [0.2, 0.25) is 0 Å². The summed E-state index contributed by atoms with van der Waals surface area (Å²) in [5.41, 5.74) is 0.0112. The van der Waals surface area contributed by atoms with E-state index >= 15 is 0 Å². The van der Waals surface area contributed by atoms with E-state index in [0.29, 0.717) is 23.4 Å². The molecule has 8 nitrogen and oxygen atoms in total. The van der Waals surface area contributed by atoms with Crippen LogP contribution in [0.2, 0.25) is 18.6 Å². The summed E-state index contributed by atoms with van der Waals surface area (Å²) in [7, 11) is -1.28. The third-order valence-corrected chi connectivity index (χ3v) is 9.05. The van der Waals surface area contributed by atoms with Gasteiger partial charge in [-0.1, -0.05) is 6.92 Å². The number of hydrogen-bond acceptors (Lipinski definition) is 6. The Hall–Kier alpha value is -2.46. The van der Waals surface area contributed by atoms with Gasteiger partial charge < -0.3 is 24.7 Å². The summed E-state index contributed by atoms with van der Waals surface area (Å²) in [5, 5.41) is 12.5. The summed E-state index contributed by atoms with van der Waals surface area (Å²) < 4.78 is 13.0. The fraction of sp³-hybridized carbons (Fsp3) is 0.455. The van der Waals surface area contributed by atoms with Crippen LogP contribution >= 0.6 is 0 Å². The van der Waals surface area contributed by atoms with Gasteiger partial charge in [-0.15, -0.1) is 0 Å². The molecule has 0 saturated carbocycles. The molecule has 2 aromatic rings. The molecular formula is C22H28N2O6Si. The smallest absolute Gasteiger partial charge is 0.297 e. The van der Waals surface area contributed by atoms with E-state index in [1.807, 2.05) is 20.0 Å². The molecule has 2 aliphatic heterocycles. The topological polar surface area (TPSA) is 110 Å². The minimum Gasteiger partial charge on any atom is -0.491 e. The van der Waals surface area contributed by atoms with Gasteiger partial charge in [-0.2, -0.15) is 0 Å². The van der Waals surface area contributed by atoms with E-state index in [1.54, 1.807) is 36.5 Å². The van der Waals surface area contributed by atoms with E-state index in [-0.39, 0.29) is 35.3 Å². The van der Waals surface area contributed by atoms with Gasteiger partial charge in [0.1, 0.15) is 0 Å². The highest BCUT2D eigenvalue weighted by Crippen LogP contribution is 2.58. The van der Waals surface area contributed by atoms with Gasteiger partial charge in [-0.25, -0.2) is 0 Å². The Kier molecular flexibility index (Phi) is 5.33. The first-order chi connectivity index (χ1) is 14.6. The van der Waals surface area contributed by atoms with Gasteiger partial charge in [0.05, 0.1) is 13.2 Å². The maximum Gasteiger partial charge on any atom is 0.297 e. The number of nitrogens with one attached hydrogen (secondary N) is 1. The first-order valence-electron chi connectivity index (χ1n) is 10.4. The number of rotatable bonds is 5. The molecule has 1 aromatic carbocycles. The number of pyridine rings is 1. The number of carbonyl (C=O) groups is 1. The van der Waals surface area contributed by atoms with Crippen molar-refractivity contribution in [2.45, 2.75) is 43.7 Å². The number of benzene rings is 1. The number of amides is 1. The molecule has 0 radical (unpaired) electrons. The summed E-state index contributed by atoms with van der Waals surface area (Å²) in [6.07, 6.45) is 1.54. The number of hydrogen-bond donors (Lipinski definition) is 3. The molecule has 0 bridgehead atoms. The first kappa shape index (κ1) is 21.8. The molecule has 3 heterocycles. The summed E-state index contributed by atoms with van der Waals surface area (Å²) in [6.45, 7) is 5.50. The molecule has 4 rings (SSSR count). The van der Waals surface area contributed by atoms with Crippen molar-refractivity contribution < 1.29 is 24.2 Å². The molecule has 0 aliphatic carbocycles. The third kappa shape index (κ3) is 3.23. The number of nitrogens with zero attached hydrogens (tertiary/aromatic N) is 1. The van der Waals surface area contributed by atoms with Gasteiger partial charge in [-0.3, -0.25) is 14.2 Å². The quantitative estimate of drug-likeness (QED) is 0.609. The Morgan fingerprint density at radius 1 is 1.29 bits per heavy atom. The Bertz CT molecular complexity index is 1080. The Morgan fingerprint density at radius 3 is 2.68 bits per heavy atom. The molecule has 31 heavy (non-hydrogen) atoms. The predicted octanol–water partition coefficient (Wildman–Crippen LogP) is 1.98. The number of aliphatic hydroxyl groups excluding tert-OH is 1. The van der Waals surface area contributed by atoms with Crippen molar-refractivity contribution in [2.24, 2.45) is 5.92 Å². The maximum atomic E-state index is 13.2. The Labute approximate surface area is 181 Å². The van der Waals surface area contributed by atoms with Crippen LogP contribution in [0.15, 0.2) is 41.3 Å². The zero-order chi connectivity index (χ0) is 22.6. The predicted molar refractivity (Wildman–Crippen MR) is 118 cm³/mol. The molecule has 1 fully saturated rings. The molecule has 2 aliphatic rings. The largest absolute Gasteiger partial charge is 0.491 e. The second-order valence-electron chi connectivity index (χ2n) is 8.81. The molecule has 1 saturated heterocycles. The third-order valence-electron chi connectivity index (χ3n) is 6.55. The molecular weight excluding hydrogens is 416 g/mol. The number of aromatic nitrogens is 1. The van der Waals surface area contributed by atoms with Crippen LogP contribution < -0.4 is 15.6 Å². The van der Waals surface area contributed by atoms with Crippen LogP contribution in [0.1, 0.15) is 18.9 Å². The first-order valence-corrected chi connectivity index (χ1v) is 13.4. The van der Waals surface area contributed by atoms with Crippen molar-refractivity contribution in [3.8, 4) is 11.4 Å². The molecule has 1 amide bonds. The summed E-state index contributed by atoms with van der Waals surface area (Å²) in [4.78, 5) is 37.0. The monoisotopic (exact) mass is 444 g/mol.